The largest absolute Gasteiger partial charge is 0.495 e. The van der Waals surface area contributed by atoms with Crippen molar-refractivity contribution in [2.24, 2.45) is 0 Å². The van der Waals surface area contributed by atoms with E-state index in [1.54, 1.807) is 44.3 Å². The molecule has 0 bridgehead atoms. The predicted octanol–water partition coefficient (Wildman–Crippen LogP) is 1.70. The lowest BCUT2D eigenvalue weighted by Gasteiger charge is -2.18. The second-order valence-electron chi connectivity index (χ2n) is 6.96. The lowest BCUT2D eigenvalue weighted by atomic mass is 10.1. The van der Waals surface area contributed by atoms with Crippen molar-refractivity contribution in [3.8, 4) is 11.4 Å². The molecule has 0 radical (unpaired) electrons. The Morgan fingerprint density at radius 1 is 1.14 bits per heavy atom. The molecule has 3 heterocycles. The van der Waals surface area contributed by atoms with Crippen molar-refractivity contribution in [1.82, 2.24) is 19.4 Å². The summed E-state index contributed by atoms with van der Waals surface area (Å²) in [5.41, 5.74) is 1.53. The Bertz CT molecular complexity index is 1240. The Balaban J connectivity index is 1.76. The molecule has 0 saturated carbocycles. The maximum atomic E-state index is 13.2. The Kier molecular flexibility index (Phi) is 4.54. The lowest BCUT2D eigenvalue weighted by Crippen LogP contribution is -2.34. The van der Waals surface area contributed by atoms with Gasteiger partial charge in [-0.15, -0.1) is 0 Å². The third-order valence-corrected chi connectivity index (χ3v) is 5.06. The molecule has 1 N–H and O–H groups in total. The molecule has 1 aromatic carbocycles. The molecule has 1 aliphatic heterocycles. The third kappa shape index (κ3) is 3.12. The molecule has 0 atom stereocenters. The Labute approximate surface area is 166 Å². The second kappa shape index (κ2) is 7.05. The summed E-state index contributed by atoms with van der Waals surface area (Å²) >= 11 is 0. The Hall–Kier alpha value is -3.68. The second-order valence-corrected chi connectivity index (χ2v) is 6.96. The maximum Gasteiger partial charge on any atom is 0.268 e. The minimum absolute atomic E-state index is 0.0689. The van der Waals surface area contributed by atoms with Gasteiger partial charge in [-0.3, -0.25) is 19.0 Å². The van der Waals surface area contributed by atoms with Crippen LogP contribution in [0.15, 0.2) is 46.1 Å². The van der Waals surface area contributed by atoms with E-state index in [0.717, 1.165) is 0 Å². The van der Waals surface area contributed by atoms with Crippen LogP contribution in [0.4, 0.5) is 0 Å². The fraction of sp³-hybridized carbons (Fsp3) is 0.238. The molecular weight excluding hydrogens is 372 g/mol. The van der Waals surface area contributed by atoms with E-state index in [9.17, 15) is 14.4 Å². The number of amides is 1. The average Bonchev–Trinajstić information content (AvgIpc) is 3.12. The molecule has 29 heavy (non-hydrogen) atoms. The van der Waals surface area contributed by atoms with E-state index in [0.29, 0.717) is 34.1 Å². The van der Waals surface area contributed by atoms with Crippen LogP contribution in [0, 0.1) is 13.8 Å². The van der Waals surface area contributed by atoms with Crippen LogP contribution in [-0.2, 0) is 13.1 Å². The number of methoxy groups -OCH3 is 1. The number of aryl methyl sites for hydroxylation is 2. The van der Waals surface area contributed by atoms with Gasteiger partial charge in [0.1, 0.15) is 17.1 Å². The number of carbonyl (C=O) groups is 1. The third-order valence-electron chi connectivity index (χ3n) is 5.06. The fourth-order valence-corrected chi connectivity index (χ4v) is 3.60. The molecule has 2 aromatic heterocycles. The van der Waals surface area contributed by atoms with Gasteiger partial charge in [-0.25, -0.2) is 4.98 Å². The quantitative estimate of drug-likeness (QED) is 0.732. The standard InChI is InChI=1S/C21H20N4O4/c1-12-8-9-25(16-6-4-5-7-17(16)29-3)21(28)18(12)20(27)24-10-14-15(11-24)22-13(2)23-19(14)26/h4-9H,10-11H2,1-3H3,(H,22,23,26). The van der Waals surface area contributed by atoms with Crippen molar-refractivity contribution >= 4 is 5.91 Å². The summed E-state index contributed by atoms with van der Waals surface area (Å²) in [6.45, 7) is 3.74. The summed E-state index contributed by atoms with van der Waals surface area (Å²) in [6, 6.07) is 8.83. The highest BCUT2D eigenvalue weighted by Crippen LogP contribution is 2.23. The van der Waals surface area contributed by atoms with Gasteiger partial charge in [0.25, 0.3) is 17.0 Å². The van der Waals surface area contributed by atoms with Crippen LogP contribution >= 0.6 is 0 Å². The van der Waals surface area contributed by atoms with Crippen LogP contribution in [0.1, 0.15) is 33.0 Å². The number of fused-ring (bicyclic) bond motifs is 1. The minimum atomic E-state index is -0.437. The van der Waals surface area contributed by atoms with Crippen LogP contribution in [0.5, 0.6) is 5.75 Å². The molecule has 1 amide bonds. The zero-order valence-electron chi connectivity index (χ0n) is 16.4. The van der Waals surface area contributed by atoms with Crippen molar-refractivity contribution in [3.05, 3.63) is 85.4 Å². The summed E-state index contributed by atoms with van der Waals surface area (Å²) in [6.07, 6.45) is 1.63. The van der Waals surface area contributed by atoms with Gasteiger partial charge in [0.15, 0.2) is 0 Å². The van der Waals surface area contributed by atoms with E-state index in [2.05, 4.69) is 9.97 Å². The van der Waals surface area contributed by atoms with Gasteiger partial charge in [-0.1, -0.05) is 12.1 Å². The van der Waals surface area contributed by atoms with Crippen LogP contribution in [0.25, 0.3) is 5.69 Å². The number of aromatic amines is 1. The van der Waals surface area contributed by atoms with Crippen molar-refractivity contribution in [2.75, 3.05) is 7.11 Å². The van der Waals surface area contributed by atoms with Crippen molar-refractivity contribution < 1.29 is 9.53 Å². The molecule has 8 nitrogen and oxygen atoms in total. The first-order valence-corrected chi connectivity index (χ1v) is 9.14. The number of rotatable bonds is 3. The first kappa shape index (κ1) is 18.7. The van der Waals surface area contributed by atoms with Crippen LogP contribution in [0.2, 0.25) is 0 Å². The van der Waals surface area contributed by atoms with E-state index < -0.39 is 11.5 Å². The number of nitrogens with zero attached hydrogens (tertiary/aromatic N) is 3. The number of hydrogen-bond donors (Lipinski definition) is 1. The van der Waals surface area contributed by atoms with E-state index in [1.165, 1.54) is 16.6 Å². The number of pyridine rings is 1. The topological polar surface area (TPSA) is 97.3 Å². The van der Waals surface area contributed by atoms with Crippen LogP contribution in [0.3, 0.4) is 0 Å². The molecule has 4 rings (SSSR count). The van der Waals surface area contributed by atoms with Gasteiger partial charge in [-0.05, 0) is 37.6 Å². The van der Waals surface area contributed by atoms with Gasteiger partial charge >= 0.3 is 0 Å². The number of para-hydroxylation sites is 2. The van der Waals surface area contributed by atoms with Crippen molar-refractivity contribution in [1.29, 1.82) is 0 Å². The molecule has 0 unspecified atom stereocenters. The number of ether oxygens (including phenoxy) is 1. The van der Waals surface area contributed by atoms with Gasteiger partial charge in [0.05, 0.1) is 37.1 Å². The molecule has 0 fully saturated rings. The molecule has 1 aliphatic rings. The summed E-state index contributed by atoms with van der Waals surface area (Å²) in [7, 11) is 1.53. The van der Waals surface area contributed by atoms with Crippen molar-refractivity contribution in [3.63, 3.8) is 0 Å². The number of carbonyl (C=O) groups excluding carboxylic acids is 1. The van der Waals surface area contributed by atoms with Crippen LogP contribution < -0.4 is 15.9 Å². The number of hydrogen-bond acceptors (Lipinski definition) is 5. The summed E-state index contributed by atoms with van der Waals surface area (Å²) in [4.78, 5) is 47.1. The number of H-pyrrole nitrogens is 1. The summed E-state index contributed by atoms with van der Waals surface area (Å²) in [5.74, 6) is 0.598. The van der Waals surface area contributed by atoms with E-state index in [4.69, 9.17) is 4.74 Å². The van der Waals surface area contributed by atoms with Gasteiger partial charge in [0, 0.05) is 6.20 Å². The molecule has 0 saturated heterocycles. The molecule has 0 aliphatic carbocycles. The first-order valence-electron chi connectivity index (χ1n) is 9.14. The molecule has 0 spiro atoms. The normalized spacial score (nSPS) is 12.7. The zero-order chi connectivity index (χ0) is 20.7. The zero-order valence-corrected chi connectivity index (χ0v) is 16.4. The average molecular weight is 392 g/mol. The first-order chi connectivity index (χ1) is 13.9. The lowest BCUT2D eigenvalue weighted by molar-refractivity contribution is 0.0747. The highest BCUT2D eigenvalue weighted by atomic mass is 16.5. The smallest absolute Gasteiger partial charge is 0.268 e. The summed E-state index contributed by atoms with van der Waals surface area (Å²) < 4.78 is 6.75. The van der Waals surface area contributed by atoms with Crippen molar-refractivity contribution in [2.45, 2.75) is 26.9 Å². The number of nitrogens with one attached hydrogen (secondary N) is 1. The molecular formula is C21H20N4O4. The van der Waals surface area contributed by atoms with E-state index in [1.807, 2.05) is 6.07 Å². The minimum Gasteiger partial charge on any atom is -0.495 e. The molecule has 3 aromatic rings. The predicted molar refractivity (Wildman–Crippen MR) is 107 cm³/mol. The Morgan fingerprint density at radius 2 is 1.90 bits per heavy atom. The maximum absolute atomic E-state index is 13.2. The highest BCUT2D eigenvalue weighted by molar-refractivity contribution is 5.95. The Morgan fingerprint density at radius 3 is 2.66 bits per heavy atom. The van der Waals surface area contributed by atoms with E-state index >= 15 is 0 Å². The van der Waals surface area contributed by atoms with Crippen LogP contribution in [-0.4, -0.2) is 32.5 Å². The summed E-state index contributed by atoms with van der Waals surface area (Å²) in [5, 5.41) is 0. The van der Waals surface area contributed by atoms with Gasteiger partial charge < -0.3 is 14.6 Å². The highest BCUT2D eigenvalue weighted by Gasteiger charge is 2.30. The fourth-order valence-electron chi connectivity index (χ4n) is 3.60. The SMILES string of the molecule is COc1ccccc1-n1ccc(C)c(C(=O)N2Cc3nc(C)[nH]c(=O)c3C2)c1=O. The number of benzene rings is 1. The van der Waals surface area contributed by atoms with Gasteiger partial charge in [-0.2, -0.15) is 0 Å². The molecule has 148 valence electrons. The van der Waals surface area contributed by atoms with E-state index in [-0.39, 0.29) is 24.2 Å². The number of aromatic nitrogens is 3. The van der Waals surface area contributed by atoms with Gasteiger partial charge in [0.2, 0.25) is 0 Å². The molecule has 8 heteroatoms. The monoisotopic (exact) mass is 392 g/mol.